The molecule has 3 rings (SSSR count). The standard InChI is InChI=1S/C18H27NO/c1-3-19-12-15-8-7-13(2)11-17(15)16-6-4-5-14-9-10-20-18(14)16/h4-6,13,15,17,19H,3,7-12H2,1-2H3. The van der Waals surface area contributed by atoms with E-state index in [-0.39, 0.29) is 0 Å². The number of hydrogen-bond acceptors (Lipinski definition) is 2. The van der Waals surface area contributed by atoms with E-state index in [1.54, 1.807) is 0 Å². The Morgan fingerprint density at radius 1 is 1.30 bits per heavy atom. The molecule has 0 aromatic heterocycles. The van der Waals surface area contributed by atoms with Crippen LogP contribution in [0.5, 0.6) is 5.75 Å². The monoisotopic (exact) mass is 273 g/mol. The van der Waals surface area contributed by atoms with Crippen LogP contribution < -0.4 is 10.1 Å². The van der Waals surface area contributed by atoms with E-state index in [4.69, 9.17) is 4.74 Å². The van der Waals surface area contributed by atoms with Crippen LogP contribution in [-0.2, 0) is 6.42 Å². The van der Waals surface area contributed by atoms with Gasteiger partial charge in [-0.05, 0) is 54.8 Å². The zero-order valence-corrected chi connectivity index (χ0v) is 12.8. The summed E-state index contributed by atoms with van der Waals surface area (Å²) >= 11 is 0. The molecule has 3 atom stereocenters. The maximum Gasteiger partial charge on any atom is 0.126 e. The summed E-state index contributed by atoms with van der Waals surface area (Å²) < 4.78 is 5.95. The second kappa shape index (κ2) is 6.17. The number of benzene rings is 1. The van der Waals surface area contributed by atoms with Crippen LogP contribution in [-0.4, -0.2) is 19.7 Å². The zero-order valence-electron chi connectivity index (χ0n) is 12.8. The number of rotatable bonds is 4. The fourth-order valence-corrected chi connectivity index (χ4v) is 3.93. The highest BCUT2D eigenvalue weighted by Gasteiger charge is 2.32. The second-order valence-electron chi connectivity index (χ2n) is 6.53. The van der Waals surface area contributed by atoms with Gasteiger partial charge in [-0.3, -0.25) is 0 Å². The van der Waals surface area contributed by atoms with Gasteiger partial charge in [0.25, 0.3) is 0 Å². The first-order chi connectivity index (χ1) is 9.79. The van der Waals surface area contributed by atoms with E-state index in [0.717, 1.165) is 38.0 Å². The third-order valence-electron chi connectivity index (χ3n) is 5.06. The lowest BCUT2D eigenvalue weighted by atomic mass is 9.71. The van der Waals surface area contributed by atoms with E-state index >= 15 is 0 Å². The highest BCUT2D eigenvalue weighted by Crippen LogP contribution is 2.45. The van der Waals surface area contributed by atoms with E-state index in [0.29, 0.717) is 5.92 Å². The van der Waals surface area contributed by atoms with Crippen LogP contribution in [0.15, 0.2) is 18.2 Å². The molecular formula is C18H27NO. The number of fused-ring (bicyclic) bond motifs is 1. The fraction of sp³-hybridized carbons (Fsp3) is 0.667. The van der Waals surface area contributed by atoms with Crippen molar-refractivity contribution >= 4 is 0 Å². The molecule has 2 aliphatic rings. The first kappa shape index (κ1) is 13.9. The zero-order chi connectivity index (χ0) is 13.9. The minimum atomic E-state index is 0.672. The number of nitrogens with one attached hydrogen (secondary N) is 1. The predicted molar refractivity (Wildman–Crippen MR) is 83.4 cm³/mol. The minimum Gasteiger partial charge on any atom is -0.493 e. The Morgan fingerprint density at radius 2 is 2.20 bits per heavy atom. The summed E-state index contributed by atoms with van der Waals surface area (Å²) in [7, 11) is 0. The molecule has 2 nitrogen and oxygen atoms in total. The lowest BCUT2D eigenvalue weighted by Gasteiger charge is -2.36. The molecule has 0 saturated heterocycles. The van der Waals surface area contributed by atoms with Crippen molar-refractivity contribution < 1.29 is 4.74 Å². The average molecular weight is 273 g/mol. The van der Waals surface area contributed by atoms with E-state index in [2.05, 4.69) is 37.4 Å². The van der Waals surface area contributed by atoms with Gasteiger partial charge in [0.1, 0.15) is 5.75 Å². The molecule has 0 spiro atoms. The predicted octanol–water partition coefficient (Wildman–Crippen LogP) is 3.75. The lowest BCUT2D eigenvalue weighted by molar-refractivity contribution is 0.237. The molecule has 20 heavy (non-hydrogen) atoms. The summed E-state index contributed by atoms with van der Waals surface area (Å²) in [6.45, 7) is 7.69. The van der Waals surface area contributed by atoms with Gasteiger partial charge in [-0.15, -0.1) is 0 Å². The molecule has 1 aliphatic carbocycles. The summed E-state index contributed by atoms with van der Waals surface area (Å²) in [5.41, 5.74) is 2.90. The summed E-state index contributed by atoms with van der Waals surface area (Å²) in [4.78, 5) is 0. The smallest absolute Gasteiger partial charge is 0.126 e. The van der Waals surface area contributed by atoms with Crippen molar-refractivity contribution in [3.63, 3.8) is 0 Å². The van der Waals surface area contributed by atoms with Crippen LogP contribution in [0.2, 0.25) is 0 Å². The van der Waals surface area contributed by atoms with E-state index in [9.17, 15) is 0 Å². The molecule has 1 fully saturated rings. The van der Waals surface area contributed by atoms with Crippen LogP contribution in [0.25, 0.3) is 0 Å². The molecule has 0 radical (unpaired) electrons. The van der Waals surface area contributed by atoms with Crippen molar-refractivity contribution in [3.05, 3.63) is 29.3 Å². The molecule has 1 aromatic rings. The first-order valence-electron chi connectivity index (χ1n) is 8.25. The molecule has 0 bridgehead atoms. The van der Waals surface area contributed by atoms with Crippen LogP contribution in [0.3, 0.4) is 0 Å². The Morgan fingerprint density at radius 3 is 3.05 bits per heavy atom. The van der Waals surface area contributed by atoms with Crippen LogP contribution >= 0.6 is 0 Å². The average Bonchev–Trinajstić information content (AvgIpc) is 2.94. The van der Waals surface area contributed by atoms with Gasteiger partial charge in [0.15, 0.2) is 0 Å². The van der Waals surface area contributed by atoms with Crippen molar-refractivity contribution in [3.8, 4) is 5.75 Å². The normalized spacial score (nSPS) is 29.0. The van der Waals surface area contributed by atoms with Crippen LogP contribution in [0.1, 0.15) is 50.2 Å². The van der Waals surface area contributed by atoms with Crippen molar-refractivity contribution in [2.24, 2.45) is 11.8 Å². The molecule has 1 aromatic carbocycles. The largest absolute Gasteiger partial charge is 0.493 e. The summed E-state index contributed by atoms with van der Waals surface area (Å²) in [6, 6.07) is 6.77. The molecule has 2 heteroatoms. The molecule has 0 amide bonds. The van der Waals surface area contributed by atoms with Gasteiger partial charge in [0, 0.05) is 6.42 Å². The van der Waals surface area contributed by atoms with E-state index < -0.39 is 0 Å². The number of hydrogen-bond donors (Lipinski definition) is 1. The van der Waals surface area contributed by atoms with Gasteiger partial charge in [0.2, 0.25) is 0 Å². The Labute approximate surface area is 122 Å². The second-order valence-corrected chi connectivity index (χ2v) is 6.53. The summed E-state index contributed by atoms with van der Waals surface area (Å²) in [5, 5.41) is 3.56. The lowest BCUT2D eigenvalue weighted by Crippen LogP contribution is -2.31. The third kappa shape index (κ3) is 2.71. The summed E-state index contributed by atoms with van der Waals surface area (Å²) in [6.07, 6.45) is 5.13. The minimum absolute atomic E-state index is 0.672. The highest BCUT2D eigenvalue weighted by atomic mass is 16.5. The number of para-hydroxylation sites is 1. The maximum absolute atomic E-state index is 5.95. The Hall–Kier alpha value is -1.02. The van der Waals surface area contributed by atoms with Crippen molar-refractivity contribution in [1.29, 1.82) is 0 Å². The Kier molecular flexibility index (Phi) is 4.30. The topological polar surface area (TPSA) is 21.3 Å². The Balaban J connectivity index is 1.86. The van der Waals surface area contributed by atoms with Crippen LogP contribution in [0.4, 0.5) is 0 Å². The van der Waals surface area contributed by atoms with Crippen molar-refractivity contribution in [1.82, 2.24) is 5.32 Å². The maximum atomic E-state index is 5.95. The number of ether oxygens (including phenoxy) is 1. The van der Waals surface area contributed by atoms with Crippen molar-refractivity contribution in [2.45, 2.75) is 45.4 Å². The summed E-state index contributed by atoms with van der Waals surface area (Å²) in [5.74, 6) is 3.50. The quantitative estimate of drug-likeness (QED) is 0.902. The van der Waals surface area contributed by atoms with E-state index in [1.807, 2.05) is 0 Å². The molecule has 3 unspecified atom stereocenters. The Bertz CT molecular complexity index is 455. The van der Waals surface area contributed by atoms with Crippen LogP contribution in [0, 0.1) is 11.8 Å². The molecule has 110 valence electrons. The third-order valence-corrected chi connectivity index (χ3v) is 5.06. The SMILES string of the molecule is CCNCC1CCC(C)CC1c1cccc2c1OCC2. The van der Waals surface area contributed by atoms with Gasteiger partial charge in [-0.25, -0.2) is 0 Å². The fourth-order valence-electron chi connectivity index (χ4n) is 3.93. The van der Waals surface area contributed by atoms with Gasteiger partial charge < -0.3 is 10.1 Å². The molecular weight excluding hydrogens is 246 g/mol. The molecule has 1 aliphatic heterocycles. The molecule has 1 N–H and O–H groups in total. The van der Waals surface area contributed by atoms with Crippen molar-refractivity contribution in [2.75, 3.05) is 19.7 Å². The molecule has 1 heterocycles. The molecule has 1 saturated carbocycles. The first-order valence-corrected chi connectivity index (χ1v) is 8.25. The van der Waals surface area contributed by atoms with Gasteiger partial charge >= 0.3 is 0 Å². The van der Waals surface area contributed by atoms with Gasteiger partial charge in [0.05, 0.1) is 6.61 Å². The van der Waals surface area contributed by atoms with Gasteiger partial charge in [-0.1, -0.05) is 38.5 Å². The van der Waals surface area contributed by atoms with Gasteiger partial charge in [-0.2, -0.15) is 0 Å². The highest BCUT2D eigenvalue weighted by molar-refractivity contribution is 5.46. The van der Waals surface area contributed by atoms with E-state index in [1.165, 1.54) is 36.1 Å².